The summed E-state index contributed by atoms with van der Waals surface area (Å²) in [5, 5.41) is 3.04. The smallest absolute Gasteiger partial charge is 0.208 e. The number of oxazole rings is 1. The van der Waals surface area contributed by atoms with Gasteiger partial charge in [0.15, 0.2) is 0 Å². The van der Waals surface area contributed by atoms with Crippen molar-refractivity contribution in [3.05, 3.63) is 17.8 Å². The second kappa shape index (κ2) is 3.73. The van der Waals surface area contributed by atoms with Crippen molar-refractivity contribution >= 4 is 0 Å². The summed E-state index contributed by atoms with van der Waals surface area (Å²) >= 11 is 0. The van der Waals surface area contributed by atoms with Crippen LogP contribution in [0.1, 0.15) is 44.3 Å². The van der Waals surface area contributed by atoms with Crippen LogP contribution in [0.15, 0.2) is 10.6 Å². The van der Waals surface area contributed by atoms with Gasteiger partial charge in [0, 0.05) is 5.41 Å². The minimum absolute atomic E-state index is 0.249. The first-order valence-electron chi connectivity index (χ1n) is 5.34. The van der Waals surface area contributed by atoms with E-state index in [-0.39, 0.29) is 5.41 Å². The molecular weight excluding hydrogens is 176 g/mol. The van der Waals surface area contributed by atoms with E-state index in [2.05, 4.69) is 17.2 Å². The Hall–Kier alpha value is -0.830. The van der Waals surface area contributed by atoms with Gasteiger partial charge in [0.2, 0.25) is 5.89 Å². The molecule has 3 heteroatoms. The Bertz CT molecular complexity index is 300. The Balaban J connectivity index is 2.15. The molecule has 1 aliphatic carbocycles. The Labute approximate surface area is 84.9 Å². The number of rotatable bonds is 3. The fraction of sp³-hybridized carbons (Fsp3) is 0.727. The number of hydrogen-bond acceptors (Lipinski definition) is 3. The Morgan fingerprint density at radius 2 is 2.21 bits per heavy atom. The lowest BCUT2D eigenvalue weighted by molar-refractivity contribution is 0.345. The molecule has 0 atom stereocenters. The van der Waals surface area contributed by atoms with E-state index in [1.807, 2.05) is 13.2 Å². The quantitative estimate of drug-likeness (QED) is 0.801. The first-order chi connectivity index (χ1) is 6.74. The van der Waals surface area contributed by atoms with E-state index >= 15 is 0 Å². The maximum absolute atomic E-state index is 5.74. The third kappa shape index (κ3) is 1.69. The van der Waals surface area contributed by atoms with Crippen molar-refractivity contribution in [1.29, 1.82) is 0 Å². The molecule has 0 spiro atoms. The molecule has 1 aromatic heterocycles. The third-order valence-corrected chi connectivity index (χ3v) is 3.18. The molecule has 1 aromatic rings. The number of aromatic nitrogens is 1. The summed E-state index contributed by atoms with van der Waals surface area (Å²) in [7, 11) is 1.90. The van der Waals surface area contributed by atoms with Crippen molar-refractivity contribution in [3.63, 3.8) is 0 Å². The van der Waals surface area contributed by atoms with Gasteiger partial charge in [0.25, 0.3) is 0 Å². The van der Waals surface area contributed by atoms with Crippen LogP contribution in [0.2, 0.25) is 0 Å². The third-order valence-electron chi connectivity index (χ3n) is 3.18. The summed E-state index contributed by atoms with van der Waals surface area (Å²) < 4.78 is 5.74. The average Bonchev–Trinajstić information content (AvgIpc) is 2.75. The van der Waals surface area contributed by atoms with Gasteiger partial charge >= 0.3 is 0 Å². The summed E-state index contributed by atoms with van der Waals surface area (Å²) in [4.78, 5) is 4.27. The van der Waals surface area contributed by atoms with Gasteiger partial charge in [-0.05, 0) is 19.9 Å². The zero-order chi connectivity index (χ0) is 10.0. The molecule has 1 aliphatic rings. The minimum atomic E-state index is 0.249. The van der Waals surface area contributed by atoms with E-state index < -0.39 is 0 Å². The lowest BCUT2D eigenvalue weighted by atomic mass is 9.87. The van der Waals surface area contributed by atoms with E-state index in [0.717, 1.165) is 18.2 Å². The van der Waals surface area contributed by atoms with Crippen molar-refractivity contribution in [1.82, 2.24) is 10.3 Å². The van der Waals surface area contributed by atoms with Crippen LogP contribution in [0.25, 0.3) is 0 Å². The molecule has 3 nitrogen and oxygen atoms in total. The minimum Gasteiger partial charge on any atom is -0.444 e. The van der Waals surface area contributed by atoms with Crippen LogP contribution in [0, 0.1) is 0 Å². The number of nitrogens with zero attached hydrogens (tertiary/aromatic N) is 1. The predicted molar refractivity (Wildman–Crippen MR) is 55.1 cm³/mol. The van der Waals surface area contributed by atoms with Gasteiger partial charge in [0.1, 0.15) is 5.76 Å². The zero-order valence-electron chi connectivity index (χ0n) is 8.97. The lowest BCUT2D eigenvalue weighted by Crippen LogP contribution is -2.15. The van der Waals surface area contributed by atoms with Crippen molar-refractivity contribution in [2.75, 3.05) is 7.05 Å². The van der Waals surface area contributed by atoms with Gasteiger partial charge in [-0.25, -0.2) is 4.98 Å². The SMILES string of the molecule is CNCc1ncc(C2(C)CCCC2)o1. The monoisotopic (exact) mass is 194 g/mol. The Kier molecular flexibility index (Phi) is 2.59. The summed E-state index contributed by atoms with van der Waals surface area (Å²) in [6, 6.07) is 0. The van der Waals surface area contributed by atoms with E-state index in [0.29, 0.717) is 0 Å². The van der Waals surface area contributed by atoms with Crippen LogP contribution >= 0.6 is 0 Å². The molecule has 2 rings (SSSR count). The second-order valence-electron chi connectivity index (χ2n) is 4.42. The van der Waals surface area contributed by atoms with Gasteiger partial charge in [-0.2, -0.15) is 0 Å². The highest BCUT2D eigenvalue weighted by atomic mass is 16.4. The molecule has 78 valence electrons. The van der Waals surface area contributed by atoms with Gasteiger partial charge in [0.05, 0.1) is 12.7 Å². The largest absolute Gasteiger partial charge is 0.444 e. The van der Waals surface area contributed by atoms with E-state index in [4.69, 9.17) is 4.42 Å². The highest BCUT2D eigenvalue weighted by Crippen LogP contribution is 2.40. The molecule has 1 N–H and O–H groups in total. The molecular formula is C11H18N2O. The maximum atomic E-state index is 5.74. The van der Waals surface area contributed by atoms with E-state index in [9.17, 15) is 0 Å². The molecule has 1 saturated carbocycles. The van der Waals surface area contributed by atoms with Crippen LogP contribution in [-0.2, 0) is 12.0 Å². The normalized spacial score (nSPS) is 20.1. The molecule has 0 unspecified atom stereocenters. The van der Waals surface area contributed by atoms with Gasteiger partial charge in [-0.1, -0.05) is 19.8 Å². The molecule has 14 heavy (non-hydrogen) atoms. The maximum Gasteiger partial charge on any atom is 0.208 e. The lowest BCUT2D eigenvalue weighted by Gasteiger charge is -2.19. The first kappa shape index (κ1) is 9.71. The topological polar surface area (TPSA) is 38.1 Å². The molecule has 0 aromatic carbocycles. The summed E-state index contributed by atoms with van der Waals surface area (Å²) in [5.41, 5.74) is 0.249. The Morgan fingerprint density at radius 1 is 1.50 bits per heavy atom. The number of hydrogen-bond donors (Lipinski definition) is 1. The van der Waals surface area contributed by atoms with Crippen LogP contribution in [0.3, 0.4) is 0 Å². The van der Waals surface area contributed by atoms with Crippen molar-refractivity contribution in [2.24, 2.45) is 0 Å². The predicted octanol–water partition coefficient (Wildman–Crippen LogP) is 2.23. The van der Waals surface area contributed by atoms with Crippen molar-refractivity contribution < 1.29 is 4.42 Å². The van der Waals surface area contributed by atoms with Gasteiger partial charge < -0.3 is 9.73 Å². The first-order valence-corrected chi connectivity index (χ1v) is 5.34. The molecule has 0 aliphatic heterocycles. The Morgan fingerprint density at radius 3 is 2.86 bits per heavy atom. The summed E-state index contributed by atoms with van der Waals surface area (Å²) in [5.74, 6) is 1.87. The molecule has 0 saturated heterocycles. The molecule has 0 radical (unpaired) electrons. The molecule has 0 bridgehead atoms. The van der Waals surface area contributed by atoms with E-state index in [1.54, 1.807) is 0 Å². The second-order valence-corrected chi connectivity index (χ2v) is 4.42. The molecule has 0 amide bonds. The summed E-state index contributed by atoms with van der Waals surface area (Å²) in [6.07, 6.45) is 7.01. The highest BCUT2D eigenvalue weighted by Gasteiger charge is 2.33. The van der Waals surface area contributed by atoms with Gasteiger partial charge in [-0.3, -0.25) is 0 Å². The van der Waals surface area contributed by atoms with Gasteiger partial charge in [-0.15, -0.1) is 0 Å². The fourth-order valence-electron chi connectivity index (χ4n) is 2.22. The summed E-state index contributed by atoms with van der Waals surface area (Å²) in [6.45, 7) is 3.00. The van der Waals surface area contributed by atoms with Crippen LogP contribution < -0.4 is 5.32 Å². The van der Waals surface area contributed by atoms with Crippen LogP contribution in [0.4, 0.5) is 0 Å². The van der Waals surface area contributed by atoms with Crippen LogP contribution in [-0.4, -0.2) is 12.0 Å². The van der Waals surface area contributed by atoms with Crippen molar-refractivity contribution in [2.45, 2.75) is 44.6 Å². The fourth-order valence-corrected chi connectivity index (χ4v) is 2.22. The zero-order valence-corrected chi connectivity index (χ0v) is 8.97. The molecule has 1 heterocycles. The number of nitrogens with one attached hydrogen (secondary N) is 1. The molecule has 1 fully saturated rings. The average molecular weight is 194 g/mol. The standard InChI is InChI=1S/C11H18N2O/c1-11(5-3-4-6-11)9-7-13-10(14-9)8-12-2/h7,12H,3-6,8H2,1-2H3. The van der Waals surface area contributed by atoms with E-state index in [1.165, 1.54) is 25.7 Å². The highest BCUT2D eigenvalue weighted by molar-refractivity contribution is 5.11. The van der Waals surface area contributed by atoms with Crippen molar-refractivity contribution in [3.8, 4) is 0 Å². The van der Waals surface area contributed by atoms with Crippen LogP contribution in [0.5, 0.6) is 0 Å².